The number of aromatic nitrogens is 1. The fraction of sp³-hybridized carbons (Fsp3) is 0.357. The Bertz CT molecular complexity index is 568. The minimum Gasteiger partial charge on any atom is -0.392 e. The van der Waals surface area contributed by atoms with E-state index in [0.29, 0.717) is 5.02 Å². The summed E-state index contributed by atoms with van der Waals surface area (Å²) in [5.41, 5.74) is 1.97. The first-order valence-electron chi connectivity index (χ1n) is 6.56. The summed E-state index contributed by atoms with van der Waals surface area (Å²) in [6.45, 7) is 3.73. The van der Waals surface area contributed by atoms with E-state index in [2.05, 4.69) is 14.8 Å². The van der Waals surface area contributed by atoms with Crippen LogP contribution in [-0.2, 0) is 6.61 Å². The van der Waals surface area contributed by atoms with Gasteiger partial charge in [-0.15, -0.1) is 11.3 Å². The van der Waals surface area contributed by atoms with Gasteiger partial charge in [-0.25, -0.2) is 4.98 Å². The van der Waals surface area contributed by atoms with Crippen LogP contribution in [0.4, 0.5) is 10.8 Å². The van der Waals surface area contributed by atoms with Crippen LogP contribution in [0, 0.1) is 0 Å². The molecule has 1 aromatic carbocycles. The normalized spacial score (nSPS) is 15.7. The highest BCUT2D eigenvalue weighted by Gasteiger charge is 2.20. The maximum absolute atomic E-state index is 9.45. The lowest BCUT2D eigenvalue weighted by Gasteiger charge is -2.36. The van der Waals surface area contributed by atoms with Gasteiger partial charge in [0, 0.05) is 54.0 Å². The van der Waals surface area contributed by atoms with Crippen molar-refractivity contribution in [2.45, 2.75) is 6.61 Å². The van der Waals surface area contributed by atoms with E-state index in [1.165, 1.54) is 0 Å². The third kappa shape index (κ3) is 2.75. The molecule has 0 saturated carbocycles. The van der Waals surface area contributed by atoms with E-state index in [1.807, 2.05) is 29.8 Å². The topological polar surface area (TPSA) is 39.6 Å². The molecule has 1 aliphatic rings. The van der Waals surface area contributed by atoms with Gasteiger partial charge in [-0.05, 0) is 12.1 Å². The Balaban J connectivity index is 1.73. The highest BCUT2D eigenvalue weighted by atomic mass is 35.5. The van der Waals surface area contributed by atoms with E-state index in [4.69, 9.17) is 11.6 Å². The van der Waals surface area contributed by atoms with Crippen LogP contribution in [0.25, 0.3) is 0 Å². The number of anilines is 2. The van der Waals surface area contributed by atoms with Gasteiger partial charge in [0.15, 0.2) is 5.13 Å². The molecule has 1 N–H and O–H groups in total. The van der Waals surface area contributed by atoms with Crippen molar-refractivity contribution in [3.05, 3.63) is 40.4 Å². The van der Waals surface area contributed by atoms with Crippen LogP contribution in [0.2, 0.25) is 5.02 Å². The fourth-order valence-corrected chi connectivity index (χ4v) is 3.34. The van der Waals surface area contributed by atoms with Gasteiger partial charge in [0.1, 0.15) is 0 Å². The number of aliphatic hydroxyl groups excluding tert-OH is 1. The number of piperazine rings is 1. The molecule has 1 saturated heterocycles. The summed E-state index contributed by atoms with van der Waals surface area (Å²) in [4.78, 5) is 8.93. The van der Waals surface area contributed by atoms with Crippen molar-refractivity contribution in [3.63, 3.8) is 0 Å². The van der Waals surface area contributed by atoms with E-state index >= 15 is 0 Å². The van der Waals surface area contributed by atoms with Crippen LogP contribution in [0.15, 0.2) is 29.8 Å². The average molecular weight is 310 g/mol. The summed E-state index contributed by atoms with van der Waals surface area (Å²) in [6, 6.07) is 5.65. The second kappa shape index (κ2) is 5.99. The molecule has 1 aromatic heterocycles. The molecule has 0 radical (unpaired) electrons. The molecule has 106 valence electrons. The number of rotatable bonds is 3. The first-order valence-corrected chi connectivity index (χ1v) is 7.82. The third-order valence-electron chi connectivity index (χ3n) is 3.53. The van der Waals surface area contributed by atoms with Gasteiger partial charge in [-0.2, -0.15) is 0 Å². The molecule has 0 amide bonds. The number of nitrogens with zero attached hydrogens (tertiary/aromatic N) is 3. The average Bonchev–Trinajstić information content (AvgIpc) is 3.02. The van der Waals surface area contributed by atoms with Crippen LogP contribution < -0.4 is 9.80 Å². The van der Waals surface area contributed by atoms with E-state index in [0.717, 1.165) is 42.6 Å². The minimum atomic E-state index is 0.0409. The highest BCUT2D eigenvalue weighted by Crippen LogP contribution is 2.27. The molecule has 2 aromatic rings. The van der Waals surface area contributed by atoms with E-state index in [9.17, 15) is 5.11 Å². The smallest absolute Gasteiger partial charge is 0.185 e. The number of halogens is 1. The van der Waals surface area contributed by atoms with Gasteiger partial charge in [0.05, 0.1) is 6.61 Å². The molecule has 1 aliphatic heterocycles. The van der Waals surface area contributed by atoms with Crippen molar-refractivity contribution in [1.82, 2.24) is 4.98 Å². The van der Waals surface area contributed by atoms with Crippen molar-refractivity contribution < 1.29 is 5.11 Å². The third-order valence-corrected chi connectivity index (χ3v) is 4.60. The SMILES string of the molecule is OCc1ccc(Cl)cc1N1CCN(c2nccs2)CC1. The molecule has 0 unspecified atom stereocenters. The van der Waals surface area contributed by atoms with Crippen LogP contribution in [-0.4, -0.2) is 36.3 Å². The molecule has 2 heterocycles. The Morgan fingerprint density at radius 2 is 1.95 bits per heavy atom. The van der Waals surface area contributed by atoms with E-state index in [1.54, 1.807) is 11.3 Å². The Hall–Kier alpha value is -1.30. The predicted octanol–water partition coefficient (Wildman–Crippen LogP) is 2.62. The number of aliphatic hydroxyl groups is 1. The quantitative estimate of drug-likeness (QED) is 0.946. The van der Waals surface area contributed by atoms with Crippen molar-refractivity contribution in [3.8, 4) is 0 Å². The zero-order chi connectivity index (χ0) is 13.9. The molecule has 1 fully saturated rings. The number of hydrogen-bond donors (Lipinski definition) is 1. The number of hydrogen-bond acceptors (Lipinski definition) is 5. The molecule has 3 rings (SSSR count). The van der Waals surface area contributed by atoms with Gasteiger partial charge < -0.3 is 14.9 Å². The monoisotopic (exact) mass is 309 g/mol. The number of thiazole rings is 1. The predicted molar refractivity (Wildman–Crippen MR) is 83.9 cm³/mol. The van der Waals surface area contributed by atoms with Crippen molar-refractivity contribution in [2.24, 2.45) is 0 Å². The van der Waals surface area contributed by atoms with E-state index in [-0.39, 0.29) is 6.61 Å². The van der Waals surface area contributed by atoms with Gasteiger partial charge in [0.2, 0.25) is 0 Å². The second-order valence-corrected chi connectivity index (χ2v) is 6.03. The number of benzene rings is 1. The summed E-state index contributed by atoms with van der Waals surface area (Å²) in [5.74, 6) is 0. The van der Waals surface area contributed by atoms with Crippen LogP contribution in [0.5, 0.6) is 0 Å². The first-order chi connectivity index (χ1) is 9.78. The highest BCUT2D eigenvalue weighted by molar-refractivity contribution is 7.13. The van der Waals surface area contributed by atoms with Crippen LogP contribution in [0.3, 0.4) is 0 Å². The molecule has 6 heteroatoms. The van der Waals surface area contributed by atoms with Crippen LogP contribution >= 0.6 is 22.9 Å². The summed E-state index contributed by atoms with van der Waals surface area (Å²) >= 11 is 7.75. The molecule has 0 atom stereocenters. The maximum Gasteiger partial charge on any atom is 0.185 e. The zero-order valence-corrected chi connectivity index (χ0v) is 12.6. The lowest BCUT2D eigenvalue weighted by molar-refractivity contribution is 0.282. The molecule has 20 heavy (non-hydrogen) atoms. The minimum absolute atomic E-state index is 0.0409. The fourth-order valence-electron chi connectivity index (χ4n) is 2.48. The zero-order valence-electron chi connectivity index (χ0n) is 11.0. The standard InChI is InChI=1S/C14H16ClN3OS/c15-12-2-1-11(10-19)13(9-12)17-4-6-18(7-5-17)14-16-3-8-20-14/h1-3,8-9,19H,4-7,10H2. The van der Waals surface area contributed by atoms with Gasteiger partial charge in [0.25, 0.3) is 0 Å². The lowest BCUT2D eigenvalue weighted by atomic mass is 10.1. The Labute approximate surface area is 127 Å². The molecule has 0 aliphatic carbocycles. The Kier molecular flexibility index (Phi) is 4.10. The van der Waals surface area contributed by atoms with Gasteiger partial charge in [-0.3, -0.25) is 0 Å². The summed E-state index contributed by atoms with van der Waals surface area (Å²) in [6.07, 6.45) is 1.84. The largest absolute Gasteiger partial charge is 0.392 e. The molecular weight excluding hydrogens is 294 g/mol. The maximum atomic E-state index is 9.45. The van der Waals surface area contributed by atoms with Crippen molar-refractivity contribution in [2.75, 3.05) is 36.0 Å². The van der Waals surface area contributed by atoms with Gasteiger partial charge >= 0.3 is 0 Å². The Morgan fingerprint density at radius 3 is 2.60 bits per heavy atom. The van der Waals surface area contributed by atoms with Crippen molar-refractivity contribution in [1.29, 1.82) is 0 Å². The summed E-state index contributed by atoms with van der Waals surface area (Å²) < 4.78 is 0. The summed E-state index contributed by atoms with van der Waals surface area (Å²) in [5, 5.41) is 13.2. The summed E-state index contributed by atoms with van der Waals surface area (Å²) in [7, 11) is 0. The molecule has 0 bridgehead atoms. The lowest BCUT2D eigenvalue weighted by Crippen LogP contribution is -2.46. The van der Waals surface area contributed by atoms with E-state index < -0.39 is 0 Å². The molecular formula is C14H16ClN3OS. The Morgan fingerprint density at radius 1 is 1.20 bits per heavy atom. The van der Waals surface area contributed by atoms with Crippen LogP contribution in [0.1, 0.15) is 5.56 Å². The molecule has 0 spiro atoms. The second-order valence-electron chi connectivity index (χ2n) is 4.72. The molecule has 4 nitrogen and oxygen atoms in total. The van der Waals surface area contributed by atoms with Crippen molar-refractivity contribution >= 4 is 33.8 Å². The first kappa shape index (κ1) is 13.7. The van der Waals surface area contributed by atoms with Gasteiger partial charge in [-0.1, -0.05) is 17.7 Å².